The van der Waals surface area contributed by atoms with Crippen molar-refractivity contribution in [2.75, 3.05) is 39.6 Å². The van der Waals surface area contributed by atoms with E-state index < -0.39 is 91.5 Å². The molecule has 0 aromatic rings. The third kappa shape index (κ3) is 73.9. The fraction of sp³-hybridized carbons (Fsp3) is 0.617. The summed E-state index contributed by atoms with van der Waals surface area (Å²) in [5, 5.41) is 20.6. The van der Waals surface area contributed by atoms with Crippen LogP contribution in [0, 0.1) is 0 Å². The van der Waals surface area contributed by atoms with Crippen molar-refractivity contribution in [1.82, 2.24) is 0 Å². The third-order valence-electron chi connectivity index (χ3n) is 14.9. The van der Waals surface area contributed by atoms with E-state index in [9.17, 15) is 43.5 Å². The van der Waals surface area contributed by atoms with Crippen molar-refractivity contribution >= 4 is 33.6 Å². The van der Waals surface area contributed by atoms with Gasteiger partial charge in [0, 0.05) is 19.3 Å². The molecule has 0 spiro atoms. The first-order valence-corrected chi connectivity index (χ1v) is 40.4. The molecule has 0 aliphatic carbocycles. The Morgan fingerprint density at radius 3 is 0.869 bits per heavy atom. The molecule has 0 radical (unpaired) electrons. The van der Waals surface area contributed by atoms with Gasteiger partial charge < -0.3 is 34.2 Å². The number of aliphatic hydroxyl groups excluding tert-OH is 2. The first-order chi connectivity index (χ1) is 48.2. The summed E-state index contributed by atoms with van der Waals surface area (Å²) in [5.41, 5.74) is 0. The maximum Gasteiger partial charge on any atom is 0.472 e. The molecule has 562 valence electrons. The van der Waals surface area contributed by atoms with Crippen LogP contribution in [0.3, 0.4) is 0 Å². The van der Waals surface area contributed by atoms with Gasteiger partial charge in [-0.05, 0) is 154 Å². The van der Waals surface area contributed by atoms with Crippen LogP contribution in [0.5, 0.6) is 0 Å². The minimum atomic E-state index is -4.95. The first kappa shape index (κ1) is 93.9. The van der Waals surface area contributed by atoms with E-state index in [4.69, 9.17) is 32.3 Å². The average molecular weight is 1420 g/mol. The molecular weight excluding hydrogens is 1290 g/mol. The second kappa shape index (κ2) is 72.7. The summed E-state index contributed by atoms with van der Waals surface area (Å²) in [5.74, 6) is -1.66. The average Bonchev–Trinajstić information content (AvgIpc) is 1.44. The van der Waals surface area contributed by atoms with Crippen molar-refractivity contribution < 1.29 is 75.8 Å². The molecule has 0 aliphatic rings. The van der Waals surface area contributed by atoms with Crippen LogP contribution in [0.1, 0.15) is 265 Å². The molecule has 0 rings (SSSR count). The highest BCUT2D eigenvalue weighted by molar-refractivity contribution is 7.47. The second-order valence-electron chi connectivity index (χ2n) is 24.3. The van der Waals surface area contributed by atoms with Crippen molar-refractivity contribution in [2.45, 2.75) is 283 Å². The summed E-state index contributed by atoms with van der Waals surface area (Å²) in [7, 11) is -9.82. The van der Waals surface area contributed by atoms with Crippen molar-refractivity contribution in [3.8, 4) is 0 Å². The van der Waals surface area contributed by atoms with E-state index in [1.165, 1.54) is 38.5 Å². The van der Waals surface area contributed by atoms with Gasteiger partial charge in [0.05, 0.1) is 26.4 Å². The Hall–Kier alpha value is -5.09. The molecule has 5 unspecified atom stereocenters. The van der Waals surface area contributed by atoms with Gasteiger partial charge in [-0.1, -0.05) is 262 Å². The largest absolute Gasteiger partial charge is 0.472 e. The van der Waals surface area contributed by atoms with Crippen LogP contribution in [-0.4, -0.2) is 95.9 Å². The molecule has 0 aromatic heterocycles. The number of unbranched alkanes of at least 4 members (excludes halogenated alkanes) is 18. The summed E-state index contributed by atoms with van der Waals surface area (Å²) >= 11 is 0. The first-order valence-electron chi connectivity index (χ1n) is 37.4. The summed E-state index contributed by atoms with van der Waals surface area (Å²) in [6.07, 6.45) is 91.1. The molecular formula is C81H132O16P2. The Morgan fingerprint density at radius 2 is 0.535 bits per heavy atom. The number of carbonyl (C=O) groups excluding carboxylic acids is 3. The number of ether oxygens (including phenoxy) is 3. The van der Waals surface area contributed by atoms with Gasteiger partial charge in [-0.15, -0.1) is 0 Å². The lowest BCUT2D eigenvalue weighted by Crippen LogP contribution is -2.30. The molecule has 0 saturated heterocycles. The summed E-state index contributed by atoms with van der Waals surface area (Å²) in [6.45, 7) is 2.32. The molecule has 0 heterocycles. The summed E-state index contributed by atoms with van der Waals surface area (Å²) in [4.78, 5) is 58.5. The van der Waals surface area contributed by atoms with Crippen molar-refractivity contribution in [1.29, 1.82) is 0 Å². The molecule has 0 saturated carbocycles. The SMILES string of the molecule is CC/C=C\C/C=C\C/C=C\C/C=C\C/C=C\C/C=C\CCCCCCCCCCC(=O)OCC(O)COP(=O)(O)OCC(O)COP(=O)(O)OCC(COC(=O)CCCC/C=C\C/C=C\C/C=C\C/C=C\C/C=C\C/C=C\CC)OC(=O)CCCCCCC/C=C\C/C=C\CCCCC. The van der Waals surface area contributed by atoms with Gasteiger partial charge in [0.2, 0.25) is 0 Å². The minimum Gasteiger partial charge on any atom is -0.463 e. The van der Waals surface area contributed by atoms with Crippen LogP contribution in [-0.2, 0) is 55.8 Å². The number of hydrogen-bond acceptors (Lipinski definition) is 14. The lowest BCUT2D eigenvalue weighted by molar-refractivity contribution is -0.161. The second-order valence-corrected chi connectivity index (χ2v) is 27.2. The maximum atomic E-state index is 12.9. The number of phosphoric acid groups is 2. The maximum absolute atomic E-state index is 12.9. The van der Waals surface area contributed by atoms with Gasteiger partial charge in [0.15, 0.2) is 6.10 Å². The molecule has 0 amide bonds. The lowest BCUT2D eigenvalue weighted by atomic mass is 10.1. The molecule has 18 heteroatoms. The number of carbonyl (C=O) groups is 3. The normalized spacial score (nSPS) is 15.0. The van der Waals surface area contributed by atoms with E-state index in [2.05, 4.69) is 191 Å². The van der Waals surface area contributed by atoms with E-state index in [1.807, 2.05) is 0 Å². The van der Waals surface area contributed by atoms with Gasteiger partial charge in [0.25, 0.3) is 0 Å². The third-order valence-corrected chi connectivity index (χ3v) is 16.8. The molecule has 0 fully saturated rings. The summed E-state index contributed by atoms with van der Waals surface area (Å²) < 4.78 is 61.0. The monoisotopic (exact) mass is 1420 g/mol. The zero-order valence-electron chi connectivity index (χ0n) is 61.1. The van der Waals surface area contributed by atoms with Crippen LogP contribution in [0.25, 0.3) is 0 Å². The number of aliphatic hydroxyl groups is 2. The number of rotatable bonds is 69. The smallest absolute Gasteiger partial charge is 0.463 e. The molecule has 99 heavy (non-hydrogen) atoms. The molecule has 5 atom stereocenters. The van der Waals surface area contributed by atoms with Crippen LogP contribution < -0.4 is 0 Å². The topological polar surface area (TPSA) is 231 Å². The number of allylic oxidation sites excluding steroid dienone is 28. The lowest BCUT2D eigenvalue weighted by Gasteiger charge is -2.21. The predicted octanol–water partition coefficient (Wildman–Crippen LogP) is 21.6. The molecule has 0 aromatic carbocycles. The van der Waals surface area contributed by atoms with Crippen molar-refractivity contribution in [2.24, 2.45) is 0 Å². The highest BCUT2D eigenvalue weighted by atomic mass is 31.2. The Labute approximate surface area is 599 Å². The molecule has 16 nitrogen and oxygen atoms in total. The van der Waals surface area contributed by atoms with Crippen LogP contribution in [0.15, 0.2) is 170 Å². The van der Waals surface area contributed by atoms with E-state index in [1.54, 1.807) is 0 Å². The predicted molar refractivity (Wildman–Crippen MR) is 408 cm³/mol. The van der Waals surface area contributed by atoms with E-state index >= 15 is 0 Å². The Morgan fingerprint density at radius 1 is 0.293 bits per heavy atom. The van der Waals surface area contributed by atoms with Gasteiger partial charge in [0.1, 0.15) is 25.4 Å². The fourth-order valence-electron chi connectivity index (χ4n) is 9.25. The molecule has 0 bridgehead atoms. The highest BCUT2D eigenvalue weighted by Crippen LogP contribution is 2.45. The quantitative estimate of drug-likeness (QED) is 0.0146. The Bertz CT molecular complexity index is 2480. The minimum absolute atomic E-state index is 0.0726. The highest BCUT2D eigenvalue weighted by Gasteiger charge is 2.29. The van der Waals surface area contributed by atoms with Gasteiger partial charge in [-0.3, -0.25) is 32.5 Å². The fourth-order valence-corrected chi connectivity index (χ4v) is 10.8. The van der Waals surface area contributed by atoms with E-state index in [-0.39, 0.29) is 19.3 Å². The standard InChI is InChI=1S/C81H132O16P2/c1-4-7-10-13-16-19-22-25-28-30-32-34-35-36-37-38-39-41-43-44-47-49-52-55-58-61-64-67-79(84)91-70-76(82)71-93-98(87,88)94-72-77(83)73-95-99(89,90)96-75-78(97-81(86)69-66-63-60-57-54-51-46-27-24-21-18-15-12-9-6-3)74-92-80(85)68-65-62-59-56-53-50-48-45-42-40-33-31-29-26-23-20-17-14-11-8-5-2/h7-8,10-11,16-21,25-29,32-34,36-37,39-41,45-46,48,53,56,76-78,82-83H,4-6,9,12-15,22-24,30-31,35,38,42-44,47,49-52,54-55,57-75H2,1-3H3,(H,87,88)(H,89,90)/b10-7-,11-8-,19-16-,20-17-,21-18-,28-25-,29-26-,34-32-,37-36-,40-33-,41-39-,46-27-,48-45-,56-53-. The van der Waals surface area contributed by atoms with Gasteiger partial charge in [-0.2, -0.15) is 0 Å². The number of hydrogen-bond donors (Lipinski definition) is 4. The van der Waals surface area contributed by atoms with Gasteiger partial charge in [-0.25, -0.2) is 9.13 Å². The van der Waals surface area contributed by atoms with Crippen molar-refractivity contribution in [3.05, 3.63) is 170 Å². The summed E-state index contributed by atoms with van der Waals surface area (Å²) in [6, 6.07) is 0. The van der Waals surface area contributed by atoms with Crippen LogP contribution in [0.4, 0.5) is 0 Å². The van der Waals surface area contributed by atoms with Crippen LogP contribution in [0.2, 0.25) is 0 Å². The van der Waals surface area contributed by atoms with Crippen molar-refractivity contribution in [3.63, 3.8) is 0 Å². The molecule has 0 aliphatic heterocycles. The number of esters is 3. The Balaban J connectivity index is 4.66. The van der Waals surface area contributed by atoms with Gasteiger partial charge >= 0.3 is 33.6 Å². The van der Waals surface area contributed by atoms with E-state index in [0.717, 1.165) is 167 Å². The van der Waals surface area contributed by atoms with E-state index in [0.29, 0.717) is 19.3 Å². The number of phosphoric ester groups is 2. The molecule has 4 N–H and O–H groups in total. The zero-order chi connectivity index (χ0) is 72.3. The zero-order valence-corrected chi connectivity index (χ0v) is 62.9. The van der Waals surface area contributed by atoms with Crippen LogP contribution >= 0.6 is 15.6 Å². The Kier molecular flexibility index (Phi) is 69.0.